The number of methoxy groups -OCH3 is 1. The number of amides is 2. The molecule has 2 amide bonds. The number of benzene rings is 1. The zero-order chi connectivity index (χ0) is 16.8. The van der Waals surface area contributed by atoms with Crippen LogP contribution in [0.4, 0.5) is 14.9 Å². The molecule has 122 valence electrons. The van der Waals surface area contributed by atoms with Crippen LogP contribution < -0.4 is 10.6 Å². The number of halogens is 1. The third-order valence-corrected chi connectivity index (χ3v) is 3.53. The Hall–Kier alpha value is -2.59. The lowest BCUT2D eigenvalue weighted by molar-refractivity contribution is 0.0595. The van der Waals surface area contributed by atoms with Crippen molar-refractivity contribution in [1.29, 1.82) is 0 Å². The molecule has 6 nitrogen and oxygen atoms in total. The van der Waals surface area contributed by atoms with Gasteiger partial charge < -0.3 is 20.1 Å². The van der Waals surface area contributed by atoms with Crippen LogP contribution in [0.15, 0.2) is 18.2 Å². The van der Waals surface area contributed by atoms with Crippen LogP contribution in [-0.2, 0) is 9.47 Å². The summed E-state index contributed by atoms with van der Waals surface area (Å²) in [6, 6.07) is 2.66. The van der Waals surface area contributed by atoms with Crippen molar-refractivity contribution in [2.45, 2.75) is 12.5 Å². The zero-order valence-corrected chi connectivity index (χ0v) is 12.6. The molecule has 2 atom stereocenters. The van der Waals surface area contributed by atoms with Gasteiger partial charge in [0.2, 0.25) is 0 Å². The fourth-order valence-electron chi connectivity index (χ4n) is 2.29. The van der Waals surface area contributed by atoms with Gasteiger partial charge in [-0.3, -0.25) is 0 Å². The molecule has 0 saturated carbocycles. The molecule has 0 aliphatic carbocycles. The summed E-state index contributed by atoms with van der Waals surface area (Å²) in [4.78, 5) is 23.3. The zero-order valence-electron chi connectivity index (χ0n) is 12.6. The molecule has 1 aliphatic rings. The van der Waals surface area contributed by atoms with Gasteiger partial charge in [-0.2, -0.15) is 0 Å². The maximum atomic E-state index is 13.8. The number of carbonyl (C=O) groups excluding carboxylic acids is 2. The van der Waals surface area contributed by atoms with E-state index in [0.29, 0.717) is 13.2 Å². The van der Waals surface area contributed by atoms with Crippen LogP contribution in [0, 0.1) is 24.1 Å². The Kier molecular flexibility index (Phi) is 5.55. The van der Waals surface area contributed by atoms with Crippen molar-refractivity contribution in [2.24, 2.45) is 5.92 Å². The van der Waals surface area contributed by atoms with Crippen LogP contribution in [0.2, 0.25) is 0 Å². The van der Waals surface area contributed by atoms with Crippen molar-refractivity contribution < 1.29 is 23.5 Å². The molecule has 7 heteroatoms. The van der Waals surface area contributed by atoms with Crippen molar-refractivity contribution in [3.05, 3.63) is 29.6 Å². The molecule has 1 heterocycles. The molecule has 0 bridgehead atoms. The molecule has 0 spiro atoms. The summed E-state index contributed by atoms with van der Waals surface area (Å²) in [7, 11) is 1.16. The molecule has 2 N–H and O–H groups in total. The number of hydrogen-bond donors (Lipinski definition) is 2. The van der Waals surface area contributed by atoms with E-state index in [9.17, 15) is 14.0 Å². The molecule has 23 heavy (non-hydrogen) atoms. The lowest BCUT2D eigenvalue weighted by Crippen LogP contribution is -2.42. The van der Waals surface area contributed by atoms with Gasteiger partial charge >= 0.3 is 12.0 Å². The second-order valence-corrected chi connectivity index (χ2v) is 5.05. The van der Waals surface area contributed by atoms with Gasteiger partial charge in [0.15, 0.2) is 0 Å². The van der Waals surface area contributed by atoms with Crippen LogP contribution in [0.3, 0.4) is 0 Å². The van der Waals surface area contributed by atoms with Crippen molar-refractivity contribution in [1.82, 2.24) is 5.32 Å². The summed E-state index contributed by atoms with van der Waals surface area (Å²) in [6.45, 7) is 1.12. The third-order valence-electron chi connectivity index (χ3n) is 3.53. The standard InChI is InChI=1S/C16H17FN2O4/c1-3-14(10-6-7-23-9-10)19-16(21)18-11-4-5-12(13(17)8-11)15(20)22-2/h1,4-5,8,10,14H,6-7,9H2,2H3,(H2,18,19,21)/t10-,14+/m0/s1. The molecule has 1 fully saturated rings. The minimum Gasteiger partial charge on any atom is -0.465 e. The Balaban J connectivity index is 1.98. The fraction of sp³-hybridized carbons (Fsp3) is 0.375. The Morgan fingerprint density at radius 1 is 1.52 bits per heavy atom. The monoisotopic (exact) mass is 320 g/mol. The van der Waals surface area contributed by atoms with Crippen LogP contribution in [0.1, 0.15) is 16.8 Å². The molecule has 1 aromatic carbocycles. The average molecular weight is 320 g/mol. The van der Waals surface area contributed by atoms with Crippen LogP contribution in [0.5, 0.6) is 0 Å². The number of nitrogens with one attached hydrogen (secondary N) is 2. The summed E-state index contributed by atoms with van der Waals surface area (Å²) < 4.78 is 23.5. The lowest BCUT2D eigenvalue weighted by Gasteiger charge is -2.18. The Morgan fingerprint density at radius 2 is 2.30 bits per heavy atom. The number of ether oxygens (including phenoxy) is 2. The van der Waals surface area contributed by atoms with Gasteiger partial charge in [0, 0.05) is 18.2 Å². The van der Waals surface area contributed by atoms with Crippen molar-refractivity contribution in [2.75, 3.05) is 25.6 Å². The first-order valence-electron chi connectivity index (χ1n) is 7.04. The van der Waals surface area contributed by atoms with E-state index in [4.69, 9.17) is 11.2 Å². The number of urea groups is 1. The number of carbonyl (C=O) groups is 2. The highest BCUT2D eigenvalue weighted by molar-refractivity contribution is 5.92. The summed E-state index contributed by atoms with van der Waals surface area (Å²) in [6.07, 6.45) is 6.20. The minimum atomic E-state index is -0.785. The maximum absolute atomic E-state index is 13.8. The first-order chi connectivity index (χ1) is 11.0. The van der Waals surface area contributed by atoms with Crippen LogP contribution in [-0.4, -0.2) is 38.4 Å². The predicted molar refractivity (Wildman–Crippen MR) is 81.4 cm³/mol. The van der Waals surface area contributed by atoms with Gasteiger partial charge in [-0.1, -0.05) is 5.92 Å². The smallest absolute Gasteiger partial charge is 0.340 e. The summed E-state index contributed by atoms with van der Waals surface area (Å²) >= 11 is 0. The Morgan fingerprint density at radius 3 is 2.87 bits per heavy atom. The number of anilines is 1. The van der Waals surface area contributed by atoms with Crippen molar-refractivity contribution >= 4 is 17.7 Å². The second kappa shape index (κ2) is 7.61. The fourth-order valence-corrected chi connectivity index (χ4v) is 2.29. The molecule has 1 saturated heterocycles. The van der Waals surface area contributed by atoms with Gasteiger partial charge in [-0.05, 0) is 24.6 Å². The molecule has 0 radical (unpaired) electrons. The average Bonchev–Trinajstić information content (AvgIpc) is 3.06. The number of terminal acetylenes is 1. The minimum absolute atomic E-state index is 0.0594. The Bertz CT molecular complexity index is 635. The number of rotatable bonds is 4. The van der Waals surface area contributed by atoms with Crippen LogP contribution >= 0.6 is 0 Å². The summed E-state index contributed by atoms with van der Waals surface area (Å²) in [5.41, 5.74) is -0.00541. The van der Waals surface area contributed by atoms with E-state index < -0.39 is 23.9 Å². The molecule has 2 rings (SSSR count). The normalized spacial score (nSPS) is 17.9. The van der Waals surface area contributed by atoms with E-state index in [2.05, 4.69) is 21.3 Å². The van der Waals surface area contributed by atoms with Crippen molar-refractivity contribution in [3.8, 4) is 12.3 Å². The summed E-state index contributed by atoms with van der Waals surface area (Å²) in [5.74, 6) is 1.01. The molecule has 0 unspecified atom stereocenters. The molecule has 1 aliphatic heterocycles. The molecule has 0 aromatic heterocycles. The van der Waals surface area contributed by atoms with Gasteiger partial charge in [-0.25, -0.2) is 14.0 Å². The second-order valence-electron chi connectivity index (χ2n) is 5.05. The summed E-state index contributed by atoms with van der Waals surface area (Å²) in [5, 5.41) is 5.12. The highest BCUT2D eigenvalue weighted by Gasteiger charge is 2.25. The van der Waals surface area contributed by atoms with E-state index in [1.54, 1.807) is 0 Å². The van der Waals surface area contributed by atoms with Gasteiger partial charge in [0.05, 0.1) is 25.3 Å². The van der Waals surface area contributed by atoms with E-state index in [0.717, 1.165) is 19.6 Å². The first-order valence-corrected chi connectivity index (χ1v) is 7.04. The predicted octanol–water partition coefficient (Wildman–Crippen LogP) is 1.77. The Labute approximate surface area is 133 Å². The van der Waals surface area contributed by atoms with Crippen LogP contribution in [0.25, 0.3) is 0 Å². The maximum Gasteiger partial charge on any atom is 0.340 e. The first kappa shape index (κ1) is 16.8. The third kappa shape index (κ3) is 4.20. The lowest BCUT2D eigenvalue weighted by atomic mass is 10.00. The number of hydrogen-bond acceptors (Lipinski definition) is 4. The molecule has 1 aromatic rings. The number of esters is 1. The van der Waals surface area contributed by atoms with E-state index in [1.165, 1.54) is 12.1 Å². The van der Waals surface area contributed by atoms with Gasteiger partial charge in [0.1, 0.15) is 5.82 Å². The van der Waals surface area contributed by atoms with Gasteiger partial charge in [-0.15, -0.1) is 6.42 Å². The highest BCUT2D eigenvalue weighted by Crippen LogP contribution is 2.18. The SMILES string of the molecule is C#C[C@@H](NC(=O)Nc1ccc(C(=O)OC)c(F)c1)[C@H]1CCOC1. The topological polar surface area (TPSA) is 76.7 Å². The quantitative estimate of drug-likeness (QED) is 0.655. The molecular formula is C16H17FN2O4. The van der Waals surface area contributed by atoms with E-state index in [-0.39, 0.29) is 17.2 Å². The molecular weight excluding hydrogens is 303 g/mol. The van der Waals surface area contributed by atoms with Gasteiger partial charge in [0.25, 0.3) is 0 Å². The van der Waals surface area contributed by atoms with E-state index >= 15 is 0 Å². The highest BCUT2D eigenvalue weighted by atomic mass is 19.1. The van der Waals surface area contributed by atoms with Crippen molar-refractivity contribution in [3.63, 3.8) is 0 Å². The largest absolute Gasteiger partial charge is 0.465 e. The van der Waals surface area contributed by atoms with E-state index in [1.807, 2.05) is 0 Å².